The van der Waals surface area contributed by atoms with Crippen LogP contribution in [-0.2, 0) is 13.3 Å². The minimum atomic E-state index is -3.10. The summed E-state index contributed by atoms with van der Waals surface area (Å²) < 4.78 is 16.3. The third kappa shape index (κ3) is 3.80. The van der Waals surface area contributed by atoms with Crippen molar-refractivity contribution in [3.8, 4) is 0 Å². The quantitative estimate of drug-likeness (QED) is 0.712. The number of benzene rings is 1. The minimum Gasteiger partial charge on any atom is -0.467 e. The standard InChI is InChI=1S/C13H18O4Si/c1-4-15-18(6-3,16-5-2)17-13(14)12-10-8-7-9-11-12/h6-11H,3-5H2,1-2H3. The fourth-order valence-corrected chi connectivity index (χ4v) is 3.13. The second kappa shape index (κ2) is 7.10. The molecule has 0 atom stereocenters. The van der Waals surface area contributed by atoms with Crippen LogP contribution in [0.25, 0.3) is 0 Å². The maximum absolute atomic E-state index is 12.0. The molecule has 18 heavy (non-hydrogen) atoms. The summed E-state index contributed by atoms with van der Waals surface area (Å²) in [6.07, 6.45) is 0. The molecule has 0 fully saturated rings. The van der Waals surface area contributed by atoms with Crippen molar-refractivity contribution in [1.29, 1.82) is 0 Å². The van der Waals surface area contributed by atoms with Gasteiger partial charge in [0.25, 0.3) is 0 Å². The molecule has 1 aromatic carbocycles. The molecule has 0 saturated heterocycles. The van der Waals surface area contributed by atoms with Crippen molar-refractivity contribution in [3.05, 3.63) is 48.2 Å². The van der Waals surface area contributed by atoms with Crippen molar-refractivity contribution in [2.75, 3.05) is 13.2 Å². The second-order valence-electron chi connectivity index (χ2n) is 3.43. The lowest BCUT2D eigenvalue weighted by molar-refractivity contribution is 0.0476. The summed E-state index contributed by atoms with van der Waals surface area (Å²) in [6.45, 7) is 8.10. The van der Waals surface area contributed by atoms with E-state index in [1.54, 1.807) is 24.3 Å². The van der Waals surface area contributed by atoms with Gasteiger partial charge in [0.1, 0.15) is 0 Å². The Hall–Kier alpha value is -1.43. The monoisotopic (exact) mass is 266 g/mol. The van der Waals surface area contributed by atoms with Crippen LogP contribution in [-0.4, -0.2) is 28.0 Å². The van der Waals surface area contributed by atoms with Gasteiger partial charge >= 0.3 is 14.8 Å². The molecule has 0 amide bonds. The van der Waals surface area contributed by atoms with Crippen LogP contribution in [0.5, 0.6) is 0 Å². The van der Waals surface area contributed by atoms with E-state index in [-0.39, 0.29) is 0 Å². The molecule has 0 heterocycles. The van der Waals surface area contributed by atoms with Crippen LogP contribution in [0.2, 0.25) is 0 Å². The Labute approximate surface area is 109 Å². The first-order valence-electron chi connectivity index (χ1n) is 5.87. The van der Waals surface area contributed by atoms with Crippen LogP contribution >= 0.6 is 0 Å². The van der Waals surface area contributed by atoms with Crippen molar-refractivity contribution in [3.63, 3.8) is 0 Å². The molecule has 0 unspecified atom stereocenters. The van der Waals surface area contributed by atoms with E-state index in [1.165, 1.54) is 5.70 Å². The molecule has 0 aliphatic carbocycles. The lowest BCUT2D eigenvalue weighted by atomic mass is 10.2. The third-order valence-electron chi connectivity index (χ3n) is 2.19. The highest BCUT2D eigenvalue weighted by Crippen LogP contribution is 2.14. The zero-order valence-electron chi connectivity index (χ0n) is 10.7. The molecule has 0 N–H and O–H groups in total. The number of rotatable bonds is 7. The topological polar surface area (TPSA) is 44.8 Å². The van der Waals surface area contributed by atoms with Gasteiger partial charge in [-0.3, -0.25) is 0 Å². The van der Waals surface area contributed by atoms with Gasteiger partial charge < -0.3 is 13.3 Å². The number of hydrogen-bond acceptors (Lipinski definition) is 4. The van der Waals surface area contributed by atoms with E-state index in [0.717, 1.165) is 0 Å². The zero-order valence-corrected chi connectivity index (χ0v) is 11.7. The molecule has 98 valence electrons. The maximum Gasteiger partial charge on any atom is 0.596 e. The first kappa shape index (κ1) is 14.6. The van der Waals surface area contributed by atoms with Gasteiger partial charge in [-0.25, -0.2) is 4.79 Å². The predicted molar refractivity (Wildman–Crippen MR) is 71.1 cm³/mol. The Morgan fingerprint density at radius 3 is 2.22 bits per heavy atom. The zero-order chi connectivity index (χ0) is 13.4. The Bertz CT molecular complexity index is 385. The highest BCUT2D eigenvalue weighted by molar-refractivity contribution is 6.68. The Morgan fingerprint density at radius 2 is 1.78 bits per heavy atom. The fraction of sp³-hybridized carbons (Fsp3) is 0.308. The van der Waals surface area contributed by atoms with Crippen LogP contribution in [0.1, 0.15) is 24.2 Å². The van der Waals surface area contributed by atoms with Crippen molar-refractivity contribution >= 4 is 14.8 Å². The molecule has 0 aliphatic heterocycles. The first-order valence-corrected chi connectivity index (χ1v) is 7.67. The Balaban J connectivity index is 2.83. The van der Waals surface area contributed by atoms with Gasteiger partial charge in [0.05, 0.1) is 5.56 Å². The smallest absolute Gasteiger partial charge is 0.467 e. The lowest BCUT2D eigenvalue weighted by Crippen LogP contribution is -2.46. The summed E-state index contributed by atoms with van der Waals surface area (Å²) >= 11 is 0. The summed E-state index contributed by atoms with van der Waals surface area (Å²) in [5.74, 6) is -0.455. The van der Waals surface area contributed by atoms with E-state index in [0.29, 0.717) is 18.8 Å². The number of hydrogen-bond donors (Lipinski definition) is 0. The van der Waals surface area contributed by atoms with E-state index in [4.69, 9.17) is 13.3 Å². The lowest BCUT2D eigenvalue weighted by Gasteiger charge is -2.24. The van der Waals surface area contributed by atoms with E-state index >= 15 is 0 Å². The summed E-state index contributed by atoms with van der Waals surface area (Å²) in [7, 11) is -3.10. The Morgan fingerprint density at radius 1 is 1.22 bits per heavy atom. The SMILES string of the molecule is C=C[Si](OCC)(OCC)OC(=O)c1ccccc1. The molecule has 0 aliphatic rings. The molecule has 0 bridgehead atoms. The molecule has 1 aromatic rings. The van der Waals surface area contributed by atoms with Gasteiger partial charge in [0.2, 0.25) is 0 Å². The average molecular weight is 266 g/mol. The molecule has 4 nitrogen and oxygen atoms in total. The summed E-state index contributed by atoms with van der Waals surface area (Å²) in [6, 6.07) is 8.75. The van der Waals surface area contributed by atoms with Gasteiger partial charge in [-0.1, -0.05) is 24.8 Å². The van der Waals surface area contributed by atoms with Gasteiger partial charge in [-0.15, -0.1) is 0 Å². The summed E-state index contributed by atoms with van der Waals surface area (Å²) in [5, 5.41) is 0. The summed E-state index contributed by atoms with van der Waals surface area (Å²) in [5.41, 5.74) is 1.94. The van der Waals surface area contributed by atoms with Gasteiger partial charge in [0, 0.05) is 13.2 Å². The van der Waals surface area contributed by atoms with Crippen molar-refractivity contribution in [2.45, 2.75) is 13.8 Å². The van der Waals surface area contributed by atoms with E-state index in [1.807, 2.05) is 19.9 Å². The highest BCUT2D eigenvalue weighted by atomic mass is 28.4. The average Bonchev–Trinajstić information content (AvgIpc) is 2.40. The van der Waals surface area contributed by atoms with E-state index in [9.17, 15) is 4.79 Å². The highest BCUT2D eigenvalue weighted by Gasteiger charge is 2.41. The van der Waals surface area contributed by atoms with Gasteiger partial charge in [-0.05, 0) is 31.7 Å². The fourth-order valence-electron chi connectivity index (χ4n) is 1.42. The van der Waals surface area contributed by atoms with Crippen molar-refractivity contribution in [2.24, 2.45) is 0 Å². The molecule has 5 heteroatoms. The van der Waals surface area contributed by atoms with Crippen LogP contribution in [0.4, 0.5) is 0 Å². The molecule has 0 aromatic heterocycles. The van der Waals surface area contributed by atoms with Crippen LogP contribution in [0.15, 0.2) is 42.6 Å². The first-order chi connectivity index (χ1) is 8.67. The van der Waals surface area contributed by atoms with E-state index < -0.39 is 14.8 Å². The minimum absolute atomic E-state index is 0.403. The number of carbonyl (C=O) groups excluding carboxylic acids is 1. The number of carbonyl (C=O) groups is 1. The molecule has 0 saturated carbocycles. The second-order valence-corrected chi connectivity index (χ2v) is 5.83. The van der Waals surface area contributed by atoms with Crippen molar-refractivity contribution < 1.29 is 18.1 Å². The molecule has 0 spiro atoms. The summed E-state index contributed by atoms with van der Waals surface area (Å²) in [4.78, 5) is 12.0. The third-order valence-corrected chi connectivity index (χ3v) is 4.54. The van der Waals surface area contributed by atoms with Crippen LogP contribution in [0.3, 0.4) is 0 Å². The Kier molecular flexibility index (Phi) is 5.77. The normalized spacial score (nSPS) is 11.0. The molecule has 1 rings (SSSR count). The van der Waals surface area contributed by atoms with Gasteiger partial charge in [0.15, 0.2) is 0 Å². The molecular formula is C13H18O4Si. The van der Waals surface area contributed by atoms with E-state index in [2.05, 4.69) is 6.58 Å². The van der Waals surface area contributed by atoms with Crippen LogP contribution in [0, 0.1) is 0 Å². The molecular weight excluding hydrogens is 248 g/mol. The van der Waals surface area contributed by atoms with Crippen LogP contribution < -0.4 is 0 Å². The predicted octanol–water partition coefficient (Wildman–Crippen LogP) is 2.58. The largest absolute Gasteiger partial charge is 0.596 e. The van der Waals surface area contributed by atoms with Gasteiger partial charge in [-0.2, -0.15) is 0 Å². The maximum atomic E-state index is 12.0. The van der Waals surface area contributed by atoms with Crippen molar-refractivity contribution in [1.82, 2.24) is 0 Å². The molecule has 0 radical (unpaired) electrons.